The number of nitro groups is 1. The van der Waals surface area contributed by atoms with E-state index in [0.29, 0.717) is 5.39 Å². The molecule has 0 aliphatic carbocycles. The first-order valence-electron chi connectivity index (χ1n) is 7.46. The monoisotopic (exact) mass is 306 g/mol. The Balaban J connectivity index is 2.18. The second-order valence-corrected chi connectivity index (χ2v) is 5.74. The van der Waals surface area contributed by atoms with E-state index in [1.807, 2.05) is 67.1 Å². The predicted octanol–water partition coefficient (Wildman–Crippen LogP) is 4.87. The smallest absolute Gasteiger partial charge is 0.294 e. The van der Waals surface area contributed by atoms with Crippen LogP contribution in [0.2, 0.25) is 0 Å². The minimum atomic E-state index is -0.318. The SMILES string of the molecule is Cc1c(/C=C/c2ccccc2)cc2c([N+](=O)[O-])cn(C)c2c1C. The second kappa shape index (κ2) is 5.72. The molecule has 0 aliphatic heterocycles. The van der Waals surface area contributed by atoms with Crippen LogP contribution in [0.5, 0.6) is 0 Å². The van der Waals surface area contributed by atoms with Crippen LogP contribution in [-0.2, 0) is 7.05 Å². The van der Waals surface area contributed by atoms with Crippen molar-refractivity contribution in [1.82, 2.24) is 4.57 Å². The van der Waals surface area contributed by atoms with E-state index in [2.05, 4.69) is 6.92 Å². The topological polar surface area (TPSA) is 48.1 Å². The number of nitrogens with zero attached hydrogens (tertiary/aromatic N) is 2. The van der Waals surface area contributed by atoms with Crippen molar-refractivity contribution in [2.75, 3.05) is 0 Å². The Labute approximate surface area is 134 Å². The summed E-state index contributed by atoms with van der Waals surface area (Å²) in [6, 6.07) is 11.9. The molecule has 1 heterocycles. The van der Waals surface area contributed by atoms with Gasteiger partial charge in [-0.05, 0) is 42.2 Å². The van der Waals surface area contributed by atoms with Crippen molar-refractivity contribution in [2.24, 2.45) is 7.05 Å². The van der Waals surface area contributed by atoms with Crippen LogP contribution >= 0.6 is 0 Å². The third-order valence-electron chi connectivity index (χ3n) is 4.30. The fraction of sp³-hybridized carbons (Fsp3) is 0.158. The predicted molar refractivity (Wildman–Crippen MR) is 94.4 cm³/mol. The number of aryl methyl sites for hydroxylation is 2. The fourth-order valence-corrected chi connectivity index (χ4v) is 2.96. The summed E-state index contributed by atoms with van der Waals surface area (Å²) in [4.78, 5) is 11.0. The van der Waals surface area contributed by atoms with Gasteiger partial charge in [0.25, 0.3) is 5.69 Å². The van der Waals surface area contributed by atoms with E-state index >= 15 is 0 Å². The molecule has 0 spiro atoms. The molecule has 2 aromatic carbocycles. The van der Waals surface area contributed by atoms with Crippen molar-refractivity contribution >= 4 is 28.7 Å². The van der Waals surface area contributed by atoms with E-state index in [0.717, 1.165) is 27.8 Å². The summed E-state index contributed by atoms with van der Waals surface area (Å²) in [6.07, 6.45) is 5.64. The van der Waals surface area contributed by atoms with E-state index in [4.69, 9.17) is 0 Å². The van der Waals surface area contributed by atoms with E-state index in [1.165, 1.54) is 0 Å². The van der Waals surface area contributed by atoms with Gasteiger partial charge in [0.15, 0.2) is 0 Å². The van der Waals surface area contributed by atoms with Crippen LogP contribution in [-0.4, -0.2) is 9.49 Å². The van der Waals surface area contributed by atoms with Gasteiger partial charge in [-0.2, -0.15) is 0 Å². The van der Waals surface area contributed by atoms with Gasteiger partial charge in [-0.3, -0.25) is 10.1 Å². The summed E-state index contributed by atoms with van der Waals surface area (Å²) in [5.74, 6) is 0. The molecule has 0 bridgehead atoms. The van der Waals surface area contributed by atoms with Gasteiger partial charge in [-0.15, -0.1) is 0 Å². The molecule has 23 heavy (non-hydrogen) atoms. The van der Waals surface area contributed by atoms with E-state index in [9.17, 15) is 10.1 Å². The average Bonchev–Trinajstić information content (AvgIpc) is 2.87. The number of rotatable bonds is 3. The van der Waals surface area contributed by atoms with Crippen LogP contribution in [0.3, 0.4) is 0 Å². The maximum absolute atomic E-state index is 11.3. The van der Waals surface area contributed by atoms with Gasteiger partial charge in [0.1, 0.15) is 0 Å². The first-order chi connectivity index (χ1) is 11.0. The molecule has 0 saturated heterocycles. The van der Waals surface area contributed by atoms with Crippen molar-refractivity contribution in [3.8, 4) is 0 Å². The molecule has 4 heteroatoms. The lowest BCUT2D eigenvalue weighted by Gasteiger charge is -2.08. The molecule has 3 rings (SSSR count). The van der Waals surface area contributed by atoms with Gasteiger partial charge in [0.05, 0.1) is 22.0 Å². The standard InChI is InChI=1S/C19H18N2O2/c1-13-14(2)19-17(18(21(22)23)12-20(19)3)11-16(13)10-9-15-7-5-4-6-8-15/h4-12H,1-3H3/b10-9+. The molecule has 0 aliphatic rings. The highest BCUT2D eigenvalue weighted by atomic mass is 16.6. The Morgan fingerprint density at radius 2 is 1.78 bits per heavy atom. The highest BCUT2D eigenvalue weighted by Crippen LogP contribution is 2.33. The van der Waals surface area contributed by atoms with Gasteiger partial charge >= 0.3 is 0 Å². The van der Waals surface area contributed by atoms with Crippen LogP contribution in [0.4, 0.5) is 5.69 Å². The maximum Gasteiger partial charge on any atom is 0.294 e. The largest absolute Gasteiger partial charge is 0.344 e. The molecule has 0 saturated carbocycles. The Morgan fingerprint density at radius 3 is 2.43 bits per heavy atom. The van der Waals surface area contributed by atoms with Crippen LogP contribution in [0.1, 0.15) is 22.3 Å². The lowest BCUT2D eigenvalue weighted by Crippen LogP contribution is -1.93. The molecule has 0 amide bonds. The summed E-state index contributed by atoms with van der Waals surface area (Å²) < 4.78 is 1.83. The molecular weight excluding hydrogens is 288 g/mol. The average molecular weight is 306 g/mol. The summed E-state index contributed by atoms with van der Waals surface area (Å²) in [6.45, 7) is 4.07. The van der Waals surface area contributed by atoms with Crippen molar-refractivity contribution in [2.45, 2.75) is 13.8 Å². The van der Waals surface area contributed by atoms with Gasteiger partial charge in [0.2, 0.25) is 0 Å². The van der Waals surface area contributed by atoms with Gasteiger partial charge in [-0.1, -0.05) is 42.5 Å². The quantitative estimate of drug-likeness (QED) is 0.393. The summed E-state index contributed by atoms with van der Waals surface area (Å²) in [7, 11) is 1.85. The van der Waals surface area contributed by atoms with E-state index in [1.54, 1.807) is 6.20 Å². The van der Waals surface area contributed by atoms with Gasteiger partial charge in [-0.25, -0.2) is 0 Å². The Hall–Kier alpha value is -2.88. The Kier molecular flexibility index (Phi) is 3.74. The van der Waals surface area contributed by atoms with Gasteiger partial charge in [0, 0.05) is 7.05 Å². The molecular formula is C19H18N2O2. The van der Waals surface area contributed by atoms with Crippen LogP contribution in [0, 0.1) is 24.0 Å². The summed E-state index contributed by atoms with van der Waals surface area (Å²) in [5, 5.41) is 12.0. The van der Waals surface area contributed by atoms with E-state index < -0.39 is 0 Å². The second-order valence-electron chi connectivity index (χ2n) is 5.74. The lowest BCUT2D eigenvalue weighted by atomic mass is 9.98. The number of benzene rings is 2. The van der Waals surface area contributed by atoms with Crippen molar-refractivity contribution in [3.05, 3.63) is 75.0 Å². The van der Waals surface area contributed by atoms with Crippen LogP contribution in [0.15, 0.2) is 42.6 Å². The fourth-order valence-electron chi connectivity index (χ4n) is 2.96. The number of fused-ring (bicyclic) bond motifs is 1. The molecule has 0 radical (unpaired) electrons. The normalized spacial score (nSPS) is 11.4. The first kappa shape index (κ1) is 15.0. The van der Waals surface area contributed by atoms with Crippen LogP contribution in [0.25, 0.3) is 23.1 Å². The molecule has 3 aromatic rings. The van der Waals surface area contributed by atoms with Crippen molar-refractivity contribution < 1.29 is 4.92 Å². The molecule has 0 unspecified atom stereocenters. The number of hydrogen-bond acceptors (Lipinski definition) is 2. The number of hydrogen-bond donors (Lipinski definition) is 0. The molecule has 0 atom stereocenters. The zero-order valence-corrected chi connectivity index (χ0v) is 13.4. The summed E-state index contributed by atoms with van der Waals surface area (Å²) >= 11 is 0. The van der Waals surface area contributed by atoms with Crippen LogP contribution < -0.4 is 0 Å². The highest BCUT2D eigenvalue weighted by Gasteiger charge is 2.19. The minimum absolute atomic E-state index is 0.153. The third kappa shape index (κ3) is 2.63. The lowest BCUT2D eigenvalue weighted by molar-refractivity contribution is -0.383. The Morgan fingerprint density at radius 1 is 1.09 bits per heavy atom. The highest BCUT2D eigenvalue weighted by molar-refractivity contribution is 5.95. The van der Waals surface area contributed by atoms with Crippen molar-refractivity contribution in [1.29, 1.82) is 0 Å². The molecule has 1 aromatic heterocycles. The van der Waals surface area contributed by atoms with Gasteiger partial charge < -0.3 is 4.57 Å². The number of aromatic nitrogens is 1. The van der Waals surface area contributed by atoms with E-state index in [-0.39, 0.29) is 10.6 Å². The first-order valence-corrected chi connectivity index (χ1v) is 7.46. The minimum Gasteiger partial charge on any atom is -0.344 e. The summed E-state index contributed by atoms with van der Waals surface area (Å²) in [5.41, 5.74) is 5.40. The molecule has 0 N–H and O–H groups in total. The molecule has 0 fully saturated rings. The molecule has 116 valence electrons. The molecule has 4 nitrogen and oxygen atoms in total. The Bertz CT molecular complexity index is 922. The van der Waals surface area contributed by atoms with Crippen molar-refractivity contribution in [3.63, 3.8) is 0 Å². The maximum atomic E-state index is 11.3. The zero-order chi connectivity index (χ0) is 16.6. The zero-order valence-electron chi connectivity index (χ0n) is 13.4. The third-order valence-corrected chi connectivity index (χ3v) is 4.30.